The van der Waals surface area contributed by atoms with E-state index < -0.39 is 0 Å². The Bertz CT molecular complexity index is 631. The second-order valence-electron chi connectivity index (χ2n) is 7.10. The molecule has 0 saturated carbocycles. The molecule has 0 bridgehead atoms. The van der Waals surface area contributed by atoms with E-state index in [1.54, 1.807) is 0 Å². The lowest BCUT2D eigenvalue weighted by molar-refractivity contribution is -0.138. The number of carbonyl (C=O) groups excluding carboxylic acids is 3. The highest BCUT2D eigenvalue weighted by Crippen LogP contribution is 2.19. The fourth-order valence-corrected chi connectivity index (χ4v) is 3.72. The van der Waals surface area contributed by atoms with Gasteiger partial charge in [-0.2, -0.15) is 0 Å². The summed E-state index contributed by atoms with van der Waals surface area (Å²) in [5.74, 6) is -0.420. The van der Waals surface area contributed by atoms with Crippen LogP contribution in [-0.2, 0) is 20.9 Å². The van der Waals surface area contributed by atoms with Crippen LogP contribution in [0.3, 0.4) is 0 Å². The van der Waals surface area contributed by atoms with Crippen LogP contribution in [0.1, 0.15) is 44.1 Å². The minimum Gasteiger partial charge on any atom is -0.354 e. The van der Waals surface area contributed by atoms with Gasteiger partial charge < -0.3 is 5.32 Å². The first-order valence-corrected chi connectivity index (χ1v) is 9.51. The number of nitrogens with zero attached hydrogens (tertiary/aromatic N) is 2. The van der Waals surface area contributed by atoms with Crippen LogP contribution in [0.2, 0.25) is 0 Å². The van der Waals surface area contributed by atoms with E-state index in [0.29, 0.717) is 12.6 Å². The van der Waals surface area contributed by atoms with Crippen LogP contribution in [0.15, 0.2) is 30.3 Å². The number of imide groups is 1. The van der Waals surface area contributed by atoms with E-state index in [-0.39, 0.29) is 43.5 Å². The number of benzene rings is 1. The zero-order valence-corrected chi connectivity index (χ0v) is 15.2. The molecule has 1 atom stereocenters. The van der Waals surface area contributed by atoms with Gasteiger partial charge >= 0.3 is 0 Å². The topological polar surface area (TPSA) is 69.7 Å². The first-order chi connectivity index (χ1) is 12.6. The van der Waals surface area contributed by atoms with Crippen molar-refractivity contribution in [3.8, 4) is 0 Å². The number of carbonyl (C=O) groups is 3. The van der Waals surface area contributed by atoms with Gasteiger partial charge in [0.2, 0.25) is 17.7 Å². The average Bonchev–Trinajstić information content (AvgIpc) is 2.98. The van der Waals surface area contributed by atoms with E-state index in [1.165, 1.54) is 23.3 Å². The Balaban J connectivity index is 1.45. The minimum absolute atomic E-state index is 0.0947. The van der Waals surface area contributed by atoms with Gasteiger partial charge in [-0.1, -0.05) is 36.8 Å². The molecule has 2 aliphatic rings. The highest BCUT2D eigenvalue weighted by molar-refractivity contribution is 6.02. The lowest BCUT2D eigenvalue weighted by atomic mass is 10.0. The number of amides is 3. The molecule has 3 rings (SSSR count). The monoisotopic (exact) mass is 357 g/mol. The van der Waals surface area contributed by atoms with Crippen LogP contribution in [0.25, 0.3) is 0 Å². The second-order valence-corrected chi connectivity index (χ2v) is 7.10. The molecule has 0 unspecified atom stereocenters. The molecule has 1 aromatic carbocycles. The van der Waals surface area contributed by atoms with Crippen molar-refractivity contribution in [1.82, 2.24) is 15.1 Å². The van der Waals surface area contributed by atoms with Gasteiger partial charge in [0.05, 0.1) is 0 Å². The summed E-state index contributed by atoms with van der Waals surface area (Å²) in [4.78, 5) is 39.0. The van der Waals surface area contributed by atoms with Gasteiger partial charge in [-0.3, -0.25) is 24.2 Å². The molecule has 0 spiro atoms. The van der Waals surface area contributed by atoms with Gasteiger partial charge in [0.1, 0.15) is 0 Å². The van der Waals surface area contributed by atoms with Gasteiger partial charge in [-0.15, -0.1) is 0 Å². The summed E-state index contributed by atoms with van der Waals surface area (Å²) in [6.45, 7) is 2.76. The largest absolute Gasteiger partial charge is 0.354 e. The Morgan fingerprint density at radius 2 is 1.81 bits per heavy atom. The molecule has 6 nitrogen and oxygen atoms in total. The molecule has 6 heteroatoms. The molecule has 0 aromatic heterocycles. The van der Waals surface area contributed by atoms with Crippen molar-refractivity contribution < 1.29 is 14.4 Å². The highest BCUT2D eigenvalue weighted by Gasteiger charge is 2.29. The number of hydrogen-bond donors (Lipinski definition) is 1. The third-order valence-electron chi connectivity index (χ3n) is 5.23. The van der Waals surface area contributed by atoms with Crippen LogP contribution in [-0.4, -0.2) is 53.2 Å². The highest BCUT2D eigenvalue weighted by atomic mass is 16.2. The van der Waals surface area contributed by atoms with Crippen LogP contribution in [0.4, 0.5) is 0 Å². The predicted octanol–water partition coefficient (Wildman–Crippen LogP) is 1.70. The second kappa shape index (κ2) is 8.94. The van der Waals surface area contributed by atoms with E-state index in [1.807, 2.05) is 6.07 Å². The van der Waals surface area contributed by atoms with E-state index in [0.717, 1.165) is 19.5 Å². The van der Waals surface area contributed by atoms with E-state index in [4.69, 9.17) is 0 Å². The summed E-state index contributed by atoms with van der Waals surface area (Å²) in [7, 11) is 0. The normalized spacial score (nSPS) is 21.2. The fraction of sp³-hybridized carbons (Fsp3) is 0.550. The number of nitrogens with one attached hydrogen (secondary N) is 1. The summed E-state index contributed by atoms with van der Waals surface area (Å²) < 4.78 is 0. The fourth-order valence-electron chi connectivity index (χ4n) is 3.72. The summed E-state index contributed by atoms with van der Waals surface area (Å²) >= 11 is 0. The molecule has 1 aromatic rings. The van der Waals surface area contributed by atoms with E-state index >= 15 is 0 Å². The summed E-state index contributed by atoms with van der Waals surface area (Å²) in [5, 5.41) is 2.99. The van der Waals surface area contributed by atoms with Crippen molar-refractivity contribution in [3.63, 3.8) is 0 Å². The maximum Gasteiger partial charge on any atom is 0.229 e. The number of piperidine rings is 1. The van der Waals surface area contributed by atoms with Gasteiger partial charge in [0, 0.05) is 44.9 Å². The molecule has 2 aliphatic heterocycles. The maximum absolute atomic E-state index is 12.1. The quantitative estimate of drug-likeness (QED) is 0.754. The molecule has 26 heavy (non-hydrogen) atoms. The molecule has 140 valence electrons. The van der Waals surface area contributed by atoms with Crippen molar-refractivity contribution in [3.05, 3.63) is 35.9 Å². The summed E-state index contributed by atoms with van der Waals surface area (Å²) in [6, 6.07) is 10.7. The summed E-state index contributed by atoms with van der Waals surface area (Å²) in [6.07, 6.45) is 4.19. The van der Waals surface area contributed by atoms with Gasteiger partial charge in [0.15, 0.2) is 0 Å². The molecule has 1 N–H and O–H groups in total. The third-order valence-corrected chi connectivity index (χ3v) is 5.23. The zero-order chi connectivity index (χ0) is 18.4. The minimum atomic E-state index is -0.163. The standard InChI is InChI=1S/C20H27N3O3/c24-18(11-13-23-19(25)9-10-20(23)26)21-14-17-8-4-5-12-22(17)15-16-6-2-1-3-7-16/h1-3,6-7,17H,4-5,8-15H2,(H,21,24)/t17-/m1/s1. The zero-order valence-electron chi connectivity index (χ0n) is 15.2. The van der Waals surface area contributed by atoms with Crippen LogP contribution in [0, 0.1) is 0 Å². The summed E-state index contributed by atoms with van der Waals surface area (Å²) in [5.41, 5.74) is 1.29. The van der Waals surface area contributed by atoms with Gasteiger partial charge in [-0.05, 0) is 24.9 Å². The van der Waals surface area contributed by atoms with E-state index in [9.17, 15) is 14.4 Å². The Labute approximate surface area is 154 Å². The smallest absolute Gasteiger partial charge is 0.229 e. The van der Waals surface area contributed by atoms with Gasteiger partial charge in [0.25, 0.3) is 0 Å². The first-order valence-electron chi connectivity index (χ1n) is 9.51. The van der Waals surface area contributed by atoms with Crippen molar-refractivity contribution in [2.24, 2.45) is 0 Å². The lowest BCUT2D eigenvalue weighted by Crippen LogP contribution is -2.46. The number of hydrogen-bond acceptors (Lipinski definition) is 4. The van der Waals surface area contributed by atoms with E-state index in [2.05, 4.69) is 34.5 Å². The van der Waals surface area contributed by atoms with Gasteiger partial charge in [-0.25, -0.2) is 0 Å². The molecular formula is C20H27N3O3. The van der Waals surface area contributed by atoms with Crippen molar-refractivity contribution in [1.29, 1.82) is 0 Å². The SMILES string of the molecule is O=C(CCN1C(=O)CCC1=O)NC[C@H]1CCCCN1Cc1ccccc1. The van der Waals surface area contributed by atoms with Crippen LogP contribution >= 0.6 is 0 Å². The third kappa shape index (κ3) is 4.91. The molecule has 2 fully saturated rings. The molecule has 2 saturated heterocycles. The molecule has 2 heterocycles. The number of likely N-dealkylation sites (tertiary alicyclic amines) is 2. The predicted molar refractivity (Wildman–Crippen MR) is 98.1 cm³/mol. The Morgan fingerprint density at radius 3 is 2.54 bits per heavy atom. The van der Waals surface area contributed by atoms with Crippen molar-refractivity contribution in [2.45, 2.75) is 51.1 Å². The van der Waals surface area contributed by atoms with Crippen molar-refractivity contribution >= 4 is 17.7 Å². The Kier molecular flexibility index (Phi) is 6.39. The first kappa shape index (κ1) is 18.6. The Morgan fingerprint density at radius 1 is 1.08 bits per heavy atom. The Hall–Kier alpha value is -2.21. The molecule has 0 aliphatic carbocycles. The number of rotatable bonds is 7. The van der Waals surface area contributed by atoms with Crippen molar-refractivity contribution in [2.75, 3.05) is 19.6 Å². The van der Waals surface area contributed by atoms with Crippen LogP contribution < -0.4 is 5.32 Å². The molecular weight excluding hydrogens is 330 g/mol. The average molecular weight is 357 g/mol. The maximum atomic E-state index is 12.1. The lowest BCUT2D eigenvalue weighted by Gasteiger charge is -2.36. The molecule has 3 amide bonds. The molecule has 0 radical (unpaired) electrons. The van der Waals surface area contributed by atoms with Crippen LogP contribution in [0.5, 0.6) is 0 Å².